The van der Waals surface area contributed by atoms with Crippen molar-refractivity contribution in [2.75, 3.05) is 5.32 Å². The molecule has 108 valence electrons. The first kappa shape index (κ1) is 14.9. The molecule has 0 spiro atoms. The fourth-order valence-electron chi connectivity index (χ4n) is 1.66. The lowest BCUT2D eigenvalue weighted by Crippen LogP contribution is -2.05. The van der Waals surface area contributed by atoms with Gasteiger partial charge in [-0.1, -0.05) is 11.6 Å². The molecule has 0 saturated carbocycles. The molecule has 21 heavy (non-hydrogen) atoms. The Morgan fingerprint density at radius 2 is 1.81 bits per heavy atom. The Morgan fingerprint density at radius 3 is 2.33 bits per heavy atom. The maximum absolute atomic E-state index is 11.0. The molecule has 0 aromatic heterocycles. The highest BCUT2D eigenvalue weighted by molar-refractivity contribution is 6.32. The van der Waals surface area contributed by atoms with Crippen LogP contribution in [-0.2, 0) is 4.79 Å². The van der Waals surface area contributed by atoms with Gasteiger partial charge in [0.1, 0.15) is 11.5 Å². The van der Waals surface area contributed by atoms with Crippen LogP contribution < -0.4 is 10.1 Å². The van der Waals surface area contributed by atoms with Gasteiger partial charge >= 0.3 is 5.97 Å². The SMILES string of the molecule is CC(=O)Nc1ccc(Oc2ccc(C(=O)O)cc2)c(Cl)c1. The van der Waals surface area contributed by atoms with Gasteiger partial charge in [0.05, 0.1) is 10.6 Å². The van der Waals surface area contributed by atoms with Gasteiger partial charge in [-0.25, -0.2) is 4.79 Å². The number of carboxylic acid groups (broad SMARTS) is 1. The number of hydrogen-bond acceptors (Lipinski definition) is 3. The first-order valence-corrected chi connectivity index (χ1v) is 6.42. The van der Waals surface area contributed by atoms with E-state index >= 15 is 0 Å². The number of benzene rings is 2. The highest BCUT2D eigenvalue weighted by Gasteiger charge is 2.07. The molecule has 2 aromatic rings. The number of carbonyl (C=O) groups excluding carboxylic acids is 1. The van der Waals surface area contributed by atoms with E-state index in [1.807, 2.05) is 0 Å². The number of ether oxygens (including phenoxy) is 1. The Balaban J connectivity index is 2.15. The van der Waals surface area contributed by atoms with Crippen molar-refractivity contribution in [3.05, 3.63) is 53.1 Å². The summed E-state index contributed by atoms with van der Waals surface area (Å²) in [4.78, 5) is 21.7. The minimum absolute atomic E-state index is 0.175. The van der Waals surface area contributed by atoms with Crippen molar-refractivity contribution >= 4 is 29.2 Å². The fraction of sp³-hybridized carbons (Fsp3) is 0.0667. The van der Waals surface area contributed by atoms with Crippen LogP contribution in [0.25, 0.3) is 0 Å². The number of anilines is 1. The van der Waals surface area contributed by atoms with Crippen LogP contribution in [0, 0.1) is 0 Å². The molecule has 0 unspecified atom stereocenters. The molecule has 0 aliphatic carbocycles. The molecule has 0 heterocycles. The summed E-state index contributed by atoms with van der Waals surface area (Å²) in [6.45, 7) is 1.41. The molecule has 2 rings (SSSR count). The quantitative estimate of drug-likeness (QED) is 0.901. The van der Waals surface area contributed by atoms with Gasteiger partial charge in [-0.15, -0.1) is 0 Å². The Morgan fingerprint density at radius 1 is 1.14 bits per heavy atom. The summed E-state index contributed by atoms with van der Waals surface area (Å²) >= 11 is 6.07. The van der Waals surface area contributed by atoms with Crippen LogP contribution in [0.2, 0.25) is 5.02 Å². The first-order valence-electron chi connectivity index (χ1n) is 6.04. The molecule has 0 aliphatic rings. The number of aromatic carboxylic acids is 1. The summed E-state index contributed by atoms with van der Waals surface area (Å²) in [6.07, 6.45) is 0. The molecule has 0 aliphatic heterocycles. The summed E-state index contributed by atoms with van der Waals surface area (Å²) in [5.41, 5.74) is 0.746. The zero-order chi connectivity index (χ0) is 15.4. The van der Waals surface area contributed by atoms with Crippen molar-refractivity contribution in [3.63, 3.8) is 0 Å². The van der Waals surface area contributed by atoms with Crippen molar-refractivity contribution in [1.82, 2.24) is 0 Å². The standard InChI is InChI=1S/C15H12ClNO4/c1-9(18)17-11-4-7-14(13(16)8-11)21-12-5-2-10(3-6-12)15(19)20/h2-8H,1H3,(H,17,18)(H,19,20). The van der Waals surface area contributed by atoms with Gasteiger partial charge in [0, 0.05) is 12.6 Å². The van der Waals surface area contributed by atoms with E-state index in [2.05, 4.69) is 5.32 Å². The lowest BCUT2D eigenvalue weighted by Gasteiger charge is -2.09. The Bertz CT molecular complexity index is 683. The van der Waals surface area contributed by atoms with Gasteiger partial charge in [0.15, 0.2) is 0 Å². The van der Waals surface area contributed by atoms with Crippen LogP contribution in [0.4, 0.5) is 5.69 Å². The lowest BCUT2D eigenvalue weighted by molar-refractivity contribution is -0.114. The Kier molecular flexibility index (Phi) is 4.45. The molecule has 5 nitrogen and oxygen atoms in total. The van der Waals surface area contributed by atoms with Gasteiger partial charge < -0.3 is 15.2 Å². The Labute approximate surface area is 126 Å². The number of rotatable bonds is 4. The number of amides is 1. The van der Waals surface area contributed by atoms with E-state index < -0.39 is 5.97 Å². The zero-order valence-electron chi connectivity index (χ0n) is 11.1. The minimum atomic E-state index is -1.00. The average Bonchev–Trinajstić information content (AvgIpc) is 2.42. The Hall–Kier alpha value is -2.53. The maximum atomic E-state index is 11.0. The fourth-order valence-corrected chi connectivity index (χ4v) is 1.88. The minimum Gasteiger partial charge on any atom is -0.478 e. The van der Waals surface area contributed by atoms with E-state index in [1.54, 1.807) is 30.3 Å². The van der Waals surface area contributed by atoms with Crippen LogP contribution in [0.3, 0.4) is 0 Å². The highest BCUT2D eigenvalue weighted by atomic mass is 35.5. The van der Waals surface area contributed by atoms with Crippen LogP contribution in [0.1, 0.15) is 17.3 Å². The maximum Gasteiger partial charge on any atom is 0.335 e. The van der Waals surface area contributed by atoms with E-state index in [9.17, 15) is 9.59 Å². The van der Waals surface area contributed by atoms with Gasteiger partial charge in [-0.05, 0) is 42.5 Å². The highest BCUT2D eigenvalue weighted by Crippen LogP contribution is 2.31. The predicted molar refractivity (Wildman–Crippen MR) is 79.2 cm³/mol. The van der Waals surface area contributed by atoms with E-state index in [1.165, 1.54) is 19.1 Å². The van der Waals surface area contributed by atoms with Crippen molar-refractivity contribution in [2.24, 2.45) is 0 Å². The summed E-state index contributed by atoms with van der Waals surface area (Å²) in [6, 6.07) is 10.8. The van der Waals surface area contributed by atoms with E-state index in [4.69, 9.17) is 21.4 Å². The second-order valence-corrected chi connectivity index (χ2v) is 4.67. The molecule has 0 fully saturated rings. The van der Waals surface area contributed by atoms with Gasteiger partial charge in [0.25, 0.3) is 0 Å². The normalized spacial score (nSPS) is 10.0. The molecule has 6 heteroatoms. The zero-order valence-corrected chi connectivity index (χ0v) is 11.8. The third-order valence-electron chi connectivity index (χ3n) is 2.58. The van der Waals surface area contributed by atoms with Crippen molar-refractivity contribution in [1.29, 1.82) is 0 Å². The van der Waals surface area contributed by atoms with Crippen LogP contribution in [0.15, 0.2) is 42.5 Å². The lowest BCUT2D eigenvalue weighted by atomic mass is 10.2. The first-order chi connectivity index (χ1) is 9.95. The average molecular weight is 306 g/mol. The molecule has 0 saturated heterocycles. The molecule has 0 bridgehead atoms. The summed E-state index contributed by atoms with van der Waals surface area (Å²) in [5.74, 6) is -0.314. The monoisotopic (exact) mass is 305 g/mol. The second-order valence-electron chi connectivity index (χ2n) is 4.26. The van der Waals surface area contributed by atoms with Crippen molar-refractivity contribution in [2.45, 2.75) is 6.92 Å². The third kappa shape index (κ3) is 3.97. The van der Waals surface area contributed by atoms with Crippen molar-refractivity contribution in [3.8, 4) is 11.5 Å². The number of carboxylic acids is 1. The van der Waals surface area contributed by atoms with Crippen molar-refractivity contribution < 1.29 is 19.4 Å². The van der Waals surface area contributed by atoms with Crippen LogP contribution in [0.5, 0.6) is 11.5 Å². The molecule has 0 radical (unpaired) electrons. The summed E-state index contributed by atoms with van der Waals surface area (Å²) < 4.78 is 5.57. The summed E-state index contributed by atoms with van der Waals surface area (Å²) in [5, 5.41) is 11.8. The molecule has 2 aromatic carbocycles. The topological polar surface area (TPSA) is 75.6 Å². The predicted octanol–water partition coefficient (Wildman–Crippen LogP) is 3.79. The van der Waals surface area contributed by atoms with Crippen LogP contribution >= 0.6 is 11.6 Å². The van der Waals surface area contributed by atoms with E-state index in [0.717, 1.165) is 0 Å². The number of nitrogens with one attached hydrogen (secondary N) is 1. The summed E-state index contributed by atoms with van der Waals surface area (Å²) in [7, 11) is 0. The molecular weight excluding hydrogens is 294 g/mol. The molecule has 1 amide bonds. The van der Waals surface area contributed by atoms with Crippen LogP contribution in [-0.4, -0.2) is 17.0 Å². The van der Waals surface area contributed by atoms with Gasteiger partial charge in [-0.3, -0.25) is 4.79 Å². The smallest absolute Gasteiger partial charge is 0.335 e. The molecule has 0 atom stereocenters. The van der Waals surface area contributed by atoms with Gasteiger partial charge in [0.2, 0.25) is 5.91 Å². The third-order valence-corrected chi connectivity index (χ3v) is 2.88. The molecule has 2 N–H and O–H groups in total. The second kappa shape index (κ2) is 6.28. The van der Waals surface area contributed by atoms with E-state index in [0.29, 0.717) is 22.2 Å². The van der Waals surface area contributed by atoms with Gasteiger partial charge in [-0.2, -0.15) is 0 Å². The number of carbonyl (C=O) groups is 2. The number of hydrogen-bond donors (Lipinski definition) is 2. The number of halogens is 1. The largest absolute Gasteiger partial charge is 0.478 e. The van der Waals surface area contributed by atoms with E-state index in [-0.39, 0.29) is 11.5 Å². The molecular formula is C15H12ClNO4.